The molecule has 1 saturated carbocycles. The van der Waals surface area contributed by atoms with Crippen LogP contribution in [0.15, 0.2) is 6.07 Å². The molecule has 7 heteroatoms. The number of nitrogens with one attached hydrogen (secondary N) is 2. The monoisotopic (exact) mass is 293 g/mol. The van der Waals surface area contributed by atoms with E-state index in [0.29, 0.717) is 23.5 Å². The van der Waals surface area contributed by atoms with Crippen LogP contribution < -0.4 is 5.32 Å². The van der Waals surface area contributed by atoms with Gasteiger partial charge >= 0.3 is 6.18 Å². The van der Waals surface area contributed by atoms with E-state index in [1.807, 2.05) is 11.8 Å². The lowest BCUT2D eigenvalue weighted by Gasteiger charge is -2.28. The Balaban J connectivity index is 1.83. The van der Waals surface area contributed by atoms with Crippen molar-refractivity contribution in [3.8, 4) is 0 Å². The zero-order valence-corrected chi connectivity index (χ0v) is 11.6. The number of halogens is 3. The van der Waals surface area contributed by atoms with E-state index in [0.717, 1.165) is 18.9 Å². The minimum atomic E-state index is -4.37. The van der Waals surface area contributed by atoms with E-state index in [1.54, 1.807) is 0 Å². The minimum absolute atomic E-state index is 0.392. The second-order valence-corrected chi connectivity index (χ2v) is 6.02. The number of alkyl halides is 3. The van der Waals surface area contributed by atoms with Crippen molar-refractivity contribution in [2.45, 2.75) is 49.7 Å². The zero-order chi connectivity index (χ0) is 13.9. The lowest BCUT2D eigenvalue weighted by Crippen LogP contribution is -2.34. The summed E-state index contributed by atoms with van der Waals surface area (Å²) in [6.45, 7) is 0.412. The largest absolute Gasteiger partial charge is 0.435 e. The van der Waals surface area contributed by atoms with Gasteiger partial charge in [-0.1, -0.05) is 6.42 Å². The predicted octanol–water partition coefficient (Wildman–Crippen LogP) is 3.19. The molecule has 1 aromatic heterocycles. The molecule has 1 heterocycles. The number of H-pyrrole nitrogens is 1. The molecule has 108 valence electrons. The van der Waals surface area contributed by atoms with E-state index in [2.05, 4.69) is 21.8 Å². The van der Waals surface area contributed by atoms with Crippen molar-refractivity contribution >= 4 is 11.8 Å². The molecule has 1 fully saturated rings. The molecule has 3 nitrogen and oxygen atoms in total. The average molecular weight is 293 g/mol. The first-order valence-corrected chi connectivity index (χ1v) is 7.65. The second kappa shape index (κ2) is 6.17. The predicted molar refractivity (Wildman–Crippen MR) is 70.0 cm³/mol. The summed E-state index contributed by atoms with van der Waals surface area (Å²) in [5.74, 6) is 0. The molecule has 2 unspecified atom stereocenters. The molecule has 0 radical (unpaired) electrons. The summed E-state index contributed by atoms with van der Waals surface area (Å²) in [6, 6.07) is 1.46. The first-order chi connectivity index (χ1) is 8.99. The highest BCUT2D eigenvalue weighted by molar-refractivity contribution is 7.99. The molecule has 0 bridgehead atoms. The Bertz CT molecular complexity index is 405. The van der Waals surface area contributed by atoms with Crippen molar-refractivity contribution < 1.29 is 13.2 Å². The van der Waals surface area contributed by atoms with Crippen molar-refractivity contribution in [3.63, 3.8) is 0 Å². The van der Waals surface area contributed by atoms with Gasteiger partial charge in [-0.3, -0.25) is 5.10 Å². The molecule has 0 amide bonds. The van der Waals surface area contributed by atoms with Crippen LogP contribution in [0.25, 0.3) is 0 Å². The van der Waals surface area contributed by atoms with Gasteiger partial charge in [-0.05, 0) is 31.6 Å². The maximum Gasteiger partial charge on any atom is 0.435 e. The maximum absolute atomic E-state index is 12.4. The fourth-order valence-corrected chi connectivity index (χ4v) is 3.22. The molecule has 2 N–H and O–H groups in total. The van der Waals surface area contributed by atoms with Crippen LogP contribution in [0.5, 0.6) is 0 Å². The Hall–Kier alpha value is -0.690. The molecule has 2 rings (SSSR count). The molecule has 1 aromatic rings. The number of aromatic nitrogens is 2. The highest BCUT2D eigenvalue weighted by atomic mass is 32.2. The molecule has 1 aliphatic carbocycles. The number of thioether (sulfide) groups is 1. The van der Waals surface area contributed by atoms with Crippen LogP contribution in [0.1, 0.15) is 37.1 Å². The summed E-state index contributed by atoms with van der Waals surface area (Å²) in [4.78, 5) is 0. The summed E-state index contributed by atoms with van der Waals surface area (Å²) in [7, 11) is 0. The first kappa shape index (κ1) is 14.7. The molecule has 19 heavy (non-hydrogen) atoms. The number of hydrogen-bond acceptors (Lipinski definition) is 3. The highest BCUT2D eigenvalue weighted by Crippen LogP contribution is 2.28. The van der Waals surface area contributed by atoms with E-state index < -0.39 is 11.9 Å². The standard InChI is InChI=1S/C12H18F3N3S/c1-19-10-4-2-3-8(5-10)16-7-9-6-11(18-17-9)12(13,14)15/h6,8,10,16H,2-5,7H2,1H3,(H,17,18). The zero-order valence-electron chi connectivity index (χ0n) is 10.8. The summed E-state index contributed by atoms with van der Waals surface area (Å²) < 4.78 is 37.2. The van der Waals surface area contributed by atoms with Gasteiger partial charge in [-0.25, -0.2) is 0 Å². The van der Waals surface area contributed by atoms with Crippen molar-refractivity contribution in [2.75, 3.05) is 6.26 Å². The Kier molecular flexibility index (Phi) is 4.78. The van der Waals surface area contributed by atoms with E-state index in [-0.39, 0.29) is 0 Å². The molecule has 0 aromatic carbocycles. The van der Waals surface area contributed by atoms with Crippen LogP contribution in [-0.4, -0.2) is 27.7 Å². The third-order valence-electron chi connectivity index (χ3n) is 3.46. The summed E-state index contributed by atoms with van der Waals surface area (Å²) in [6.07, 6.45) is 2.33. The van der Waals surface area contributed by atoms with E-state index >= 15 is 0 Å². The van der Waals surface area contributed by atoms with Gasteiger partial charge in [-0.2, -0.15) is 30.0 Å². The lowest BCUT2D eigenvalue weighted by atomic mass is 9.95. The van der Waals surface area contributed by atoms with Gasteiger partial charge in [0.15, 0.2) is 5.69 Å². The fourth-order valence-electron chi connectivity index (χ4n) is 2.40. The number of nitrogens with zero attached hydrogens (tertiary/aromatic N) is 1. The van der Waals surface area contributed by atoms with Gasteiger partial charge in [0.25, 0.3) is 0 Å². The molecule has 0 spiro atoms. The van der Waals surface area contributed by atoms with Crippen LogP contribution in [0.4, 0.5) is 13.2 Å². The third-order valence-corrected chi connectivity index (χ3v) is 4.56. The first-order valence-electron chi connectivity index (χ1n) is 6.36. The van der Waals surface area contributed by atoms with E-state index in [1.165, 1.54) is 12.8 Å². The number of aromatic amines is 1. The molecule has 1 aliphatic rings. The van der Waals surface area contributed by atoms with E-state index in [4.69, 9.17) is 0 Å². The van der Waals surface area contributed by atoms with Gasteiger partial charge in [-0.15, -0.1) is 0 Å². The van der Waals surface area contributed by atoms with Gasteiger partial charge in [0.2, 0.25) is 0 Å². The Morgan fingerprint density at radius 1 is 1.47 bits per heavy atom. The Morgan fingerprint density at radius 2 is 2.26 bits per heavy atom. The second-order valence-electron chi connectivity index (χ2n) is 4.88. The van der Waals surface area contributed by atoms with Gasteiger partial charge in [0.05, 0.1) is 0 Å². The van der Waals surface area contributed by atoms with Crippen molar-refractivity contribution in [3.05, 3.63) is 17.5 Å². The Morgan fingerprint density at radius 3 is 2.89 bits per heavy atom. The molecule has 0 saturated heterocycles. The molecular formula is C12H18F3N3S. The van der Waals surface area contributed by atoms with Crippen LogP contribution in [0.2, 0.25) is 0 Å². The third kappa shape index (κ3) is 4.14. The van der Waals surface area contributed by atoms with Gasteiger partial charge < -0.3 is 5.32 Å². The van der Waals surface area contributed by atoms with Crippen LogP contribution in [0.3, 0.4) is 0 Å². The maximum atomic E-state index is 12.4. The van der Waals surface area contributed by atoms with Crippen molar-refractivity contribution in [1.82, 2.24) is 15.5 Å². The lowest BCUT2D eigenvalue weighted by molar-refractivity contribution is -0.141. The summed E-state index contributed by atoms with van der Waals surface area (Å²) in [5, 5.41) is 9.71. The number of hydrogen-bond donors (Lipinski definition) is 2. The van der Waals surface area contributed by atoms with Crippen LogP contribution in [-0.2, 0) is 12.7 Å². The van der Waals surface area contributed by atoms with Gasteiger partial charge in [0.1, 0.15) is 0 Å². The normalized spacial score (nSPS) is 24.6. The smallest absolute Gasteiger partial charge is 0.308 e. The molecule has 2 atom stereocenters. The fraction of sp³-hybridized carbons (Fsp3) is 0.750. The van der Waals surface area contributed by atoms with Crippen LogP contribution >= 0.6 is 11.8 Å². The average Bonchev–Trinajstić information content (AvgIpc) is 2.85. The van der Waals surface area contributed by atoms with Crippen molar-refractivity contribution in [1.29, 1.82) is 0 Å². The minimum Gasteiger partial charge on any atom is -0.308 e. The molecule has 0 aliphatic heterocycles. The summed E-state index contributed by atoms with van der Waals surface area (Å²) in [5.41, 5.74) is -0.367. The van der Waals surface area contributed by atoms with E-state index in [9.17, 15) is 13.2 Å². The SMILES string of the molecule is CSC1CCCC(NCc2cc(C(F)(F)F)n[nH]2)C1. The highest BCUT2D eigenvalue weighted by Gasteiger charge is 2.33. The van der Waals surface area contributed by atoms with Gasteiger partial charge in [0, 0.05) is 23.5 Å². The quantitative estimate of drug-likeness (QED) is 0.895. The number of rotatable bonds is 4. The topological polar surface area (TPSA) is 40.7 Å². The molecular weight excluding hydrogens is 275 g/mol. The Labute approximate surface area is 114 Å². The van der Waals surface area contributed by atoms with Crippen molar-refractivity contribution in [2.24, 2.45) is 0 Å². The van der Waals surface area contributed by atoms with Crippen LogP contribution in [0, 0.1) is 0 Å². The summed E-state index contributed by atoms with van der Waals surface area (Å²) >= 11 is 1.87.